The summed E-state index contributed by atoms with van der Waals surface area (Å²) in [5.74, 6) is -1.36. The highest BCUT2D eigenvalue weighted by Crippen LogP contribution is 1.83. The SMILES string of the molecule is C=CC(=O)OCCCNCC(=O)O. The van der Waals surface area contributed by atoms with E-state index in [0.717, 1.165) is 6.08 Å². The van der Waals surface area contributed by atoms with Crippen LogP contribution in [0.3, 0.4) is 0 Å². The van der Waals surface area contributed by atoms with Crippen molar-refractivity contribution in [2.45, 2.75) is 6.42 Å². The zero-order valence-corrected chi connectivity index (χ0v) is 7.28. The van der Waals surface area contributed by atoms with Gasteiger partial charge in [-0.3, -0.25) is 4.79 Å². The average Bonchev–Trinajstić information content (AvgIpc) is 2.10. The van der Waals surface area contributed by atoms with Gasteiger partial charge in [0.25, 0.3) is 0 Å². The van der Waals surface area contributed by atoms with Crippen LogP contribution < -0.4 is 5.32 Å². The van der Waals surface area contributed by atoms with Gasteiger partial charge in [0.15, 0.2) is 0 Å². The van der Waals surface area contributed by atoms with Crippen LogP contribution in [0, 0.1) is 0 Å². The molecule has 0 saturated heterocycles. The Bertz CT molecular complexity index is 191. The number of esters is 1. The number of hydrogen-bond donors (Lipinski definition) is 2. The van der Waals surface area contributed by atoms with Crippen molar-refractivity contribution in [2.24, 2.45) is 0 Å². The zero-order chi connectivity index (χ0) is 10.1. The minimum Gasteiger partial charge on any atom is -0.480 e. The first-order chi connectivity index (χ1) is 6.16. The number of rotatable bonds is 7. The molecule has 74 valence electrons. The zero-order valence-electron chi connectivity index (χ0n) is 7.28. The first kappa shape index (κ1) is 11.6. The molecule has 0 spiro atoms. The first-order valence-corrected chi connectivity index (χ1v) is 3.88. The van der Waals surface area contributed by atoms with E-state index in [1.54, 1.807) is 0 Å². The van der Waals surface area contributed by atoms with Crippen molar-refractivity contribution in [3.63, 3.8) is 0 Å². The average molecular weight is 187 g/mol. The predicted molar refractivity (Wildman–Crippen MR) is 46.3 cm³/mol. The Labute approximate surface area is 76.4 Å². The summed E-state index contributed by atoms with van der Waals surface area (Å²) in [5, 5.41) is 10.9. The lowest BCUT2D eigenvalue weighted by molar-refractivity contribution is -0.138. The molecule has 5 heteroatoms. The number of aliphatic carboxylic acids is 1. The third kappa shape index (κ3) is 8.55. The number of carbonyl (C=O) groups is 2. The maximum Gasteiger partial charge on any atom is 0.330 e. The van der Waals surface area contributed by atoms with E-state index in [9.17, 15) is 9.59 Å². The van der Waals surface area contributed by atoms with Crippen LogP contribution in [-0.2, 0) is 14.3 Å². The van der Waals surface area contributed by atoms with E-state index >= 15 is 0 Å². The Kier molecular flexibility index (Phi) is 6.53. The Hall–Kier alpha value is -1.36. The molecule has 5 nitrogen and oxygen atoms in total. The molecule has 0 aliphatic heterocycles. The fourth-order valence-electron chi connectivity index (χ4n) is 0.624. The summed E-state index contributed by atoms with van der Waals surface area (Å²) in [6.45, 7) is 3.94. The highest BCUT2D eigenvalue weighted by molar-refractivity contribution is 5.81. The van der Waals surface area contributed by atoms with Crippen LogP contribution in [-0.4, -0.2) is 36.7 Å². The fourth-order valence-corrected chi connectivity index (χ4v) is 0.624. The molecule has 0 aromatic heterocycles. The van der Waals surface area contributed by atoms with Crippen LogP contribution >= 0.6 is 0 Å². The van der Waals surface area contributed by atoms with E-state index < -0.39 is 11.9 Å². The highest BCUT2D eigenvalue weighted by Gasteiger charge is 1.96. The summed E-state index contributed by atoms with van der Waals surface area (Å²) in [5.41, 5.74) is 0. The van der Waals surface area contributed by atoms with Gasteiger partial charge in [0.2, 0.25) is 0 Å². The standard InChI is InChI=1S/C8H13NO4/c1-2-8(12)13-5-3-4-9-6-7(10)11/h2,9H,1,3-6H2,(H,10,11). The van der Waals surface area contributed by atoms with Crippen molar-refractivity contribution in [3.8, 4) is 0 Å². The lowest BCUT2D eigenvalue weighted by atomic mass is 10.4. The molecule has 0 bridgehead atoms. The van der Waals surface area contributed by atoms with Gasteiger partial charge in [-0.15, -0.1) is 0 Å². The molecule has 0 aliphatic carbocycles. The number of carbonyl (C=O) groups excluding carboxylic acids is 1. The number of hydrogen-bond acceptors (Lipinski definition) is 4. The minimum absolute atomic E-state index is 0.0740. The largest absolute Gasteiger partial charge is 0.480 e. The molecule has 0 rings (SSSR count). The lowest BCUT2D eigenvalue weighted by Crippen LogP contribution is -2.24. The number of nitrogens with one attached hydrogen (secondary N) is 1. The summed E-state index contributed by atoms with van der Waals surface area (Å²) >= 11 is 0. The maximum absolute atomic E-state index is 10.5. The van der Waals surface area contributed by atoms with Crippen LogP contribution in [0.1, 0.15) is 6.42 Å². The molecule has 2 N–H and O–H groups in total. The van der Waals surface area contributed by atoms with E-state index in [0.29, 0.717) is 13.0 Å². The third-order valence-corrected chi connectivity index (χ3v) is 1.19. The van der Waals surface area contributed by atoms with Gasteiger partial charge in [0.05, 0.1) is 13.2 Å². The van der Waals surface area contributed by atoms with E-state index in [-0.39, 0.29) is 13.2 Å². The molecule has 0 atom stereocenters. The van der Waals surface area contributed by atoms with Crippen LogP contribution in [0.5, 0.6) is 0 Å². The third-order valence-electron chi connectivity index (χ3n) is 1.19. The number of ether oxygens (including phenoxy) is 1. The van der Waals surface area contributed by atoms with Crippen molar-refractivity contribution >= 4 is 11.9 Å². The van der Waals surface area contributed by atoms with Crippen LogP contribution in [0.25, 0.3) is 0 Å². The van der Waals surface area contributed by atoms with Gasteiger partial charge in [-0.2, -0.15) is 0 Å². The monoisotopic (exact) mass is 187 g/mol. The van der Waals surface area contributed by atoms with Crippen molar-refractivity contribution in [1.29, 1.82) is 0 Å². The smallest absolute Gasteiger partial charge is 0.330 e. The summed E-state index contributed by atoms with van der Waals surface area (Å²) in [6, 6.07) is 0. The predicted octanol–water partition coefficient (Wildman–Crippen LogP) is -0.220. The summed E-state index contributed by atoms with van der Waals surface area (Å²) in [4.78, 5) is 20.5. The van der Waals surface area contributed by atoms with E-state index in [4.69, 9.17) is 5.11 Å². The second-order valence-electron chi connectivity index (χ2n) is 2.30. The fraction of sp³-hybridized carbons (Fsp3) is 0.500. The van der Waals surface area contributed by atoms with Crippen LogP contribution in [0.4, 0.5) is 0 Å². The van der Waals surface area contributed by atoms with Crippen molar-refractivity contribution in [2.75, 3.05) is 19.7 Å². The summed E-state index contributed by atoms with van der Waals surface area (Å²) < 4.78 is 4.65. The molecule has 0 radical (unpaired) electrons. The molecule has 0 amide bonds. The lowest BCUT2D eigenvalue weighted by Gasteiger charge is -2.02. The highest BCUT2D eigenvalue weighted by atomic mass is 16.5. The first-order valence-electron chi connectivity index (χ1n) is 3.88. The van der Waals surface area contributed by atoms with E-state index in [1.807, 2.05) is 0 Å². The number of carboxylic acids is 1. The van der Waals surface area contributed by atoms with Crippen molar-refractivity contribution in [3.05, 3.63) is 12.7 Å². The molecule has 0 aliphatic rings. The van der Waals surface area contributed by atoms with Crippen molar-refractivity contribution in [1.82, 2.24) is 5.32 Å². The van der Waals surface area contributed by atoms with Gasteiger partial charge in [-0.25, -0.2) is 4.79 Å². The normalized spacial score (nSPS) is 9.23. The molecular weight excluding hydrogens is 174 g/mol. The van der Waals surface area contributed by atoms with Gasteiger partial charge >= 0.3 is 11.9 Å². The molecule has 13 heavy (non-hydrogen) atoms. The van der Waals surface area contributed by atoms with Crippen molar-refractivity contribution < 1.29 is 19.4 Å². The maximum atomic E-state index is 10.5. The van der Waals surface area contributed by atoms with Crippen LogP contribution in [0.2, 0.25) is 0 Å². The van der Waals surface area contributed by atoms with Gasteiger partial charge < -0.3 is 15.2 Å². The number of carboxylic acid groups (broad SMARTS) is 1. The van der Waals surface area contributed by atoms with Gasteiger partial charge in [0, 0.05) is 6.08 Å². The Morgan fingerprint density at radius 1 is 1.54 bits per heavy atom. The minimum atomic E-state index is -0.900. The molecule has 0 heterocycles. The Morgan fingerprint density at radius 2 is 2.23 bits per heavy atom. The second kappa shape index (κ2) is 7.30. The molecule has 0 unspecified atom stereocenters. The molecule has 0 fully saturated rings. The topological polar surface area (TPSA) is 75.6 Å². The quantitative estimate of drug-likeness (QED) is 0.327. The van der Waals surface area contributed by atoms with E-state index in [2.05, 4.69) is 16.6 Å². The van der Waals surface area contributed by atoms with Gasteiger partial charge in [-0.05, 0) is 13.0 Å². The molecule has 0 saturated carbocycles. The van der Waals surface area contributed by atoms with E-state index in [1.165, 1.54) is 0 Å². The molecular formula is C8H13NO4. The van der Waals surface area contributed by atoms with Gasteiger partial charge in [-0.1, -0.05) is 6.58 Å². The Balaban J connectivity index is 3.12. The molecule has 0 aromatic rings. The van der Waals surface area contributed by atoms with Crippen LogP contribution in [0.15, 0.2) is 12.7 Å². The summed E-state index contributed by atoms with van der Waals surface area (Å²) in [7, 11) is 0. The summed E-state index contributed by atoms with van der Waals surface area (Å²) in [6.07, 6.45) is 1.68. The van der Waals surface area contributed by atoms with Gasteiger partial charge in [0.1, 0.15) is 0 Å². The Morgan fingerprint density at radius 3 is 2.77 bits per heavy atom. The second-order valence-corrected chi connectivity index (χ2v) is 2.30. The molecule has 0 aromatic carbocycles.